The minimum atomic E-state index is 0.483. The number of rotatable bonds is 4. The van der Waals surface area contributed by atoms with E-state index >= 15 is 0 Å². The first-order valence-electron chi connectivity index (χ1n) is 11.0. The van der Waals surface area contributed by atoms with Crippen molar-refractivity contribution in [2.24, 2.45) is 0 Å². The summed E-state index contributed by atoms with van der Waals surface area (Å²) in [5.74, 6) is 2.01. The van der Waals surface area contributed by atoms with Crippen LogP contribution in [0.5, 0.6) is 0 Å². The molecule has 8 heteroatoms. The van der Waals surface area contributed by atoms with Crippen molar-refractivity contribution >= 4 is 28.3 Å². The van der Waals surface area contributed by atoms with Gasteiger partial charge in [-0.25, -0.2) is 4.98 Å². The lowest BCUT2D eigenvalue weighted by Crippen LogP contribution is -2.46. The molecule has 0 bridgehead atoms. The van der Waals surface area contributed by atoms with Crippen LogP contribution in [0.15, 0.2) is 16.7 Å². The molecule has 4 heterocycles. The Morgan fingerprint density at radius 2 is 1.87 bits per heavy atom. The van der Waals surface area contributed by atoms with Crippen molar-refractivity contribution in [3.8, 4) is 11.5 Å². The number of piperidine rings is 1. The Balaban J connectivity index is 1.51. The maximum absolute atomic E-state index is 6.61. The number of pyridine rings is 1. The highest BCUT2D eigenvalue weighted by molar-refractivity contribution is 6.35. The van der Waals surface area contributed by atoms with Crippen molar-refractivity contribution in [3.63, 3.8) is 0 Å². The van der Waals surface area contributed by atoms with E-state index in [1.807, 2.05) is 19.9 Å². The van der Waals surface area contributed by atoms with Gasteiger partial charge in [0.05, 0.1) is 22.7 Å². The van der Waals surface area contributed by atoms with Gasteiger partial charge in [-0.1, -0.05) is 16.8 Å². The minimum Gasteiger partial charge on any atom is -0.380 e. The number of hydrogen-bond donors (Lipinski definition) is 1. The summed E-state index contributed by atoms with van der Waals surface area (Å²) >= 11 is 6.61. The molecule has 31 heavy (non-hydrogen) atoms. The molecule has 2 aliphatic heterocycles. The first-order valence-corrected chi connectivity index (χ1v) is 11.4. The average molecular weight is 442 g/mol. The van der Waals surface area contributed by atoms with Gasteiger partial charge in [-0.2, -0.15) is 4.98 Å². The number of anilines is 1. The molecule has 0 radical (unpaired) electrons. The number of nitrogens with one attached hydrogen (secondary N) is 1. The van der Waals surface area contributed by atoms with Gasteiger partial charge in [-0.3, -0.25) is 0 Å². The number of ether oxygens (including phenoxy) is 1. The first-order chi connectivity index (χ1) is 15.0. The van der Waals surface area contributed by atoms with Crippen molar-refractivity contribution in [1.82, 2.24) is 20.4 Å². The number of aryl methyl sites for hydroxylation is 3. The highest BCUT2D eigenvalue weighted by Gasteiger charge is 2.28. The van der Waals surface area contributed by atoms with Crippen molar-refractivity contribution in [2.75, 3.05) is 31.2 Å². The molecule has 2 saturated heterocycles. The molecule has 2 fully saturated rings. The van der Waals surface area contributed by atoms with E-state index in [4.69, 9.17) is 25.8 Å². The zero-order valence-corrected chi connectivity index (χ0v) is 19.0. The molecule has 0 aliphatic carbocycles. The van der Waals surface area contributed by atoms with E-state index < -0.39 is 0 Å². The van der Waals surface area contributed by atoms with E-state index in [0.29, 0.717) is 28.8 Å². The topological polar surface area (TPSA) is 76.3 Å². The molecule has 2 aromatic heterocycles. The Bertz CT molecular complexity index is 1100. The van der Waals surface area contributed by atoms with Crippen LogP contribution in [0.2, 0.25) is 5.02 Å². The van der Waals surface area contributed by atoms with Gasteiger partial charge in [-0.05, 0) is 63.3 Å². The van der Waals surface area contributed by atoms with Crippen molar-refractivity contribution in [2.45, 2.75) is 52.1 Å². The molecule has 1 N–H and O–H groups in total. The van der Waals surface area contributed by atoms with Crippen molar-refractivity contribution in [1.29, 1.82) is 0 Å². The van der Waals surface area contributed by atoms with E-state index in [2.05, 4.69) is 33.3 Å². The largest absolute Gasteiger partial charge is 0.380 e. The van der Waals surface area contributed by atoms with Gasteiger partial charge in [0.2, 0.25) is 0 Å². The zero-order valence-electron chi connectivity index (χ0n) is 18.2. The lowest BCUT2D eigenvalue weighted by molar-refractivity contribution is 0.186. The summed E-state index contributed by atoms with van der Waals surface area (Å²) in [6.45, 7) is 9.48. The van der Waals surface area contributed by atoms with Crippen molar-refractivity contribution < 1.29 is 9.26 Å². The molecule has 164 valence electrons. The Kier molecular flexibility index (Phi) is 5.58. The van der Waals surface area contributed by atoms with Gasteiger partial charge in [0.1, 0.15) is 5.82 Å². The zero-order chi connectivity index (χ0) is 21.5. The van der Waals surface area contributed by atoms with Crippen LogP contribution in [-0.4, -0.2) is 53.5 Å². The van der Waals surface area contributed by atoms with E-state index in [1.54, 1.807) is 0 Å². The normalized spacial score (nSPS) is 20.1. The van der Waals surface area contributed by atoms with Crippen LogP contribution >= 0.6 is 11.6 Å². The van der Waals surface area contributed by atoms with Crippen LogP contribution in [0.3, 0.4) is 0 Å². The molecule has 1 atom stereocenters. The summed E-state index contributed by atoms with van der Waals surface area (Å²) in [6.07, 6.45) is 3.21. The second-order valence-electron chi connectivity index (χ2n) is 8.71. The van der Waals surface area contributed by atoms with Gasteiger partial charge in [0.15, 0.2) is 5.82 Å². The predicted molar refractivity (Wildman–Crippen MR) is 122 cm³/mol. The van der Waals surface area contributed by atoms with Crippen molar-refractivity contribution in [3.05, 3.63) is 34.1 Å². The second-order valence-corrected chi connectivity index (χ2v) is 9.12. The van der Waals surface area contributed by atoms with E-state index in [1.165, 1.54) is 0 Å². The summed E-state index contributed by atoms with van der Waals surface area (Å²) in [6, 6.07) is 5.08. The van der Waals surface area contributed by atoms with Crippen LogP contribution in [0.25, 0.3) is 22.4 Å². The number of halogens is 1. The maximum Gasteiger partial charge on any atom is 0.261 e. The third-order valence-electron chi connectivity index (χ3n) is 6.37. The van der Waals surface area contributed by atoms with Gasteiger partial charge < -0.3 is 19.5 Å². The lowest BCUT2D eigenvalue weighted by atomic mass is 9.99. The summed E-state index contributed by atoms with van der Waals surface area (Å²) in [4.78, 5) is 11.9. The SMILES string of the molecule is Cc1cc(Cl)c2nc(N3CCC(N[C@@H]4CCOC4)CC3)c(-c3nc(C)no3)c(C)c2c1. The molecule has 0 spiro atoms. The number of hydrogen-bond acceptors (Lipinski definition) is 7. The standard InChI is InChI=1S/C23H28ClN5O2/c1-13-10-18-14(2)20(23-25-15(3)28-31-23)22(27-21(18)19(24)11-13)29-7-4-16(5-8-29)26-17-6-9-30-12-17/h10-11,16-17,26H,4-9,12H2,1-3H3/t17-/m1/s1. The molecule has 2 aliphatic rings. The molecular formula is C23H28ClN5O2. The van der Waals surface area contributed by atoms with Crippen LogP contribution in [-0.2, 0) is 4.74 Å². The van der Waals surface area contributed by atoms with E-state index in [9.17, 15) is 0 Å². The smallest absolute Gasteiger partial charge is 0.261 e. The summed E-state index contributed by atoms with van der Waals surface area (Å²) in [5, 5.41) is 9.48. The Labute approximate surface area is 187 Å². The first kappa shape index (κ1) is 20.7. The quantitative estimate of drug-likeness (QED) is 0.649. The van der Waals surface area contributed by atoms with E-state index in [-0.39, 0.29) is 0 Å². The summed E-state index contributed by atoms with van der Waals surface area (Å²) < 4.78 is 11.1. The maximum atomic E-state index is 6.61. The van der Waals surface area contributed by atoms with Gasteiger partial charge >= 0.3 is 0 Å². The fraction of sp³-hybridized carbons (Fsp3) is 0.522. The Morgan fingerprint density at radius 3 is 2.55 bits per heavy atom. The van der Waals surface area contributed by atoms with Gasteiger partial charge in [0.25, 0.3) is 5.89 Å². The third-order valence-corrected chi connectivity index (χ3v) is 6.65. The number of benzene rings is 1. The van der Waals surface area contributed by atoms with Gasteiger partial charge in [0, 0.05) is 37.2 Å². The van der Waals surface area contributed by atoms with Crippen LogP contribution < -0.4 is 10.2 Å². The highest BCUT2D eigenvalue weighted by Crippen LogP contribution is 2.39. The molecule has 1 aromatic carbocycles. The fourth-order valence-electron chi connectivity index (χ4n) is 4.74. The van der Waals surface area contributed by atoms with Gasteiger partial charge in [-0.15, -0.1) is 0 Å². The molecular weight excluding hydrogens is 414 g/mol. The Hall–Kier alpha value is -2.22. The molecule has 3 aromatic rings. The van der Waals surface area contributed by atoms with Crippen LogP contribution in [0, 0.1) is 20.8 Å². The van der Waals surface area contributed by atoms with Crippen LogP contribution in [0.1, 0.15) is 36.2 Å². The highest BCUT2D eigenvalue weighted by atomic mass is 35.5. The number of fused-ring (bicyclic) bond motifs is 1. The molecule has 0 unspecified atom stereocenters. The summed E-state index contributed by atoms with van der Waals surface area (Å²) in [7, 11) is 0. The molecule has 0 saturated carbocycles. The molecule has 7 nitrogen and oxygen atoms in total. The van der Waals surface area contributed by atoms with E-state index in [0.717, 1.165) is 79.0 Å². The third kappa shape index (κ3) is 4.02. The predicted octanol–water partition coefficient (Wildman–Crippen LogP) is 4.21. The number of aromatic nitrogens is 3. The van der Waals surface area contributed by atoms with Crippen LogP contribution in [0.4, 0.5) is 5.82 Å². The molecule has 5 rings (SSSR count). The minimum absolute atomic E-state index is 0.483. The Morgan fingerprint density at radius 1 is 1.06 bits per heavy atom. The lowest BCUT2D eigenvalue weighted by Gasteiger charge is -2.35. The number of nitrogens with zero attached hydrogens (tertiary/aromatic N) is 4. The molecule has 0 amide bonds. The second kappa shape index (κ2) is 8.37. The summed E-state index contributed by atoms with van der Waals surface area (Å²) in [5.41, 5.74) is 3.90. The fourth-order valence-corrected chi connectivity index (χ4v) is 5.06. The monoisotopic (exact) mass is 441 g/mol. The average Bonchev–Trinajstić information content (AvgIpc) is 3.41.